The molecule has 4 heterocycles. The maximum absolute atomic E-state index is 12.5. The van der Waals surface area contributed by atoms with E-state index in [1.807, 2.05) is 32.9 Å². The minimum Gasteiger partial charge on any atom is -0.449 e. The number of ether oxygens (including phenoxy) is 2. The quantitative estimate of drug-likeness (QED) is 0.407. The van der Waals surface area contributed by atoms with Crippen molar-refractivity contribution in [1.82, 2.24) is 20.3 Å². The van der Waals surface area contributed by atoms with Crippen LogP contribution in [0.15, 0.2) is 34.7 Å². The Hall–Kier alpha value is -3.43. The molecule has 2 N–H and O–H groups in total. The predicted octanol–water partition coefficient (Wildman–Crippen LogP) is 4.69. The number of amides is 1. The lowest BCUT2D eigenvalue weighted by Crippen LogP contribution is -2.34. The molecule has 1 aliphatic rings. The van der Waals surface area contributed by atoms with Crippen LogP contribution in [-0.4, -0.2) is 39.5 Å². The smallest absolute Gasteiger partial charge is 0.289 e. The second-order valence-corrected chi connectivity index (χ2v) is 8.51. The molecule has 1 aromatic carbocycles. The summed E-state index contributed by atoms with van der Waals surface area (Å²) in [6, 6.07) is 8.75. The van der Waals surface area contributed by atoms with E-state index in [9.17, 15) is 4.79 Å². The number of anilines is 1. The van der Waals surface area contributed by atoms with Crippen LogP contribution in [0.3, 0.4) is 0 Å². The molecule has 9 nitrogen and oxygen atoms in total. The Balaban J connectivity index is 1.50. The molecule has 0 spiro atoms. The monoisotopic (exact) mass is 467 g/mol. The van der Waals surface area contributed by atoms with Crippen molar-refractivity contribution < 1.29 is 18.7 Å². The second kappa shape index (κ2) is 8.49. The number of nitrogens with zero attached hydrogens (tertiary/aromatic N) is 3. The highest BCUT2D eigenvalue weighted by atomic mass is 35.5. The van der Waals surface area contributed by atoms with Gasteiger partial charge in [-0.05, 0) is 39.0 Å². The summed E-state index contributed by atoms with van der Waals surface area (Å²) < 4.78 is 17.3. The third-order valence-electron chi connectivity index (χ3n) is 5.14. The summed E-state index contributed by atoms with van der Waals surface area (Å²) in [7, 11) is 0. The molecule has 0 aliphatic carbocycles. The van der Waals surface area contributed by atoms with Crippen molar-refractivity contribution in [3.63, 3.8) is 0 Å². The van der Waals surface area contributed by atoms with Gasteiger partial charge in [0.05, 0.1) is 22.7 Å². The second-order valence-electron chi connectivity index (χ2n) is 8.12. The van der Waals surface area contributed by atoms with E-state index in [0.29, 0.717) is 35.0 Å². The molecule has 1 aliphatic heterocycles. The molecule has 0 unspecified atom stereocenters. The lowest BCUT2D eigenvalue weighted by Gasteiger charge is -2.10. The van der Waals surface area contributed by atoms with Gasteiger partial charge in [-0.25, -0.2) is 9.97 Å². The van der Waals surface area contributed by atoms with Crippen LogP contribution in [0.2, 0.25) is 5.15 Å². The molecule has 0 bridgehead atoms. The Morgan fingerprint density at radius 2 is 2.03 bits per heavy atom. The molecular weight excluding hydrogens is 446 g/mol. The van der Waals surface area contributed by atoms with E-state index in [2.05, 4.69) is 25.6 Å². The molecule has 1 atom stereocenters. The number of aromatic nitrogens is 3. The molecule has 170 valence electrons. The van der Waals surface area contributed by atoms with E-state index >= 15 is 0 Å². The molecule has 0 saturated carbocycles. The van der Waals surface area contributed by atoms with Crippen LogP contribution in [-0.2, 0) is 11.3 Å². The van der Waals surface area contributed by atoms with E-state index < -0.39 is 0 Å². The number of furan rings is 1. The van der Waals surface area contributed by atoms with Gasteiger partial charge >= 0.3 is 0 Å². The van der Waals surface area contributed by atoms with Gasteiger partial charge in [0.2, 0.25) is 17.5 Å². The Morgan fingerprint density at radius 1 is 1.18 bits per heavy atom. The molecule has 3 aromatic heterocycles. The van der Waals surface area contributed by atoms with Crippen LogP contribution >= 0.6 is 11.6 Å². The zero-order valence-electron chi connectivity index (χ0n) is 18.3. The zero-order valence-corrected chi connectivity index (χ0v) is 19.1. The Bertz CT molecular complexity index is 1370. The summed E-state index contributed by atoms with van der Waals surface area (Å²) in [5.41, 5.74) is 1.97. The first-order chi connectivity index (χ1) is 15.9. The van der Waals surface area contributed by atoms with Crippen molar-refractivity contribution in [1.29, 1.82) is 0 Å². The normalized spacial score (nSPS) is 15.9. The van der Waals surface area contributed by atoms with E-state index in [4.69, 9.17) is 25.5 Å². The van der Waals surface area contributed by atoms with Crippen molar-refractivity contribution in [2.75, 3.05) is 11.9 Å². The van der Waals surface area contributed by atoms with Crippen molar-refractivity contribution >= 4 is 45.1 Å². The van der Waals surface area contributed by atoms with Crippen LogP contribution < -0.4 is 15.4 Å². The van der Waals surface area contributed by atoms with Gasteiger partial charge in [-0.3, -0.25) is 4.79 Å². The largest absolute Gasteiger partial charge is 0.449 e. The van der Waals surface area contributed by atoms with E-state index in [1.165, 1.54) is 6.07 Å². The van der Waals surface area contributed by atoms with Gasteiger partial charge in [-0.2, -0.15) is 4.98 Å². The van der Waals surface area contributed by atoms with Crippen LogP contribution in [0.4, 0.5) is 5.69 Å². The highest BCUT2D eigenvalue weighted by molar-refractivity contribution is 6.29. The SMILES string of the molecule is CC(C)OCc1nc(Cl)cc(Oc2ccc3c(ccc4oc5c(c43)NC[C@@H](C)NC5=O)n2)n1. The molecule has 10 heteroatoms. The minimum atomic E-state index is -0.238. The number of rotatable bonds is 5. The first-order valence-electron chi connectivity index (χ1n) is 10.6. The fourth-order valence-corrected chi connectivity index (χ4v) is 3.86. The number of pyridine rings is 1. The molecule has 0 saturated heterocycles. The number of benzene rings is 1. The van der Waals surface area contributed by atoms with Gasteiger partial charge in [0.1, 0.15) is 17.3 Å². The average molecular weight is 468 g/mol. The molecular formula is C23H22ClN5O4. The van der Waals surface area contributed by atoms with Gasteiger partial charge < -0.3 is 24.5 Å². The zero-order chi connectivity index (χ0) is 23.1. The average Bonchev–Trinajstić information content (AvgIpc) is 3.08. The number of carbonyl (C=O) groups is 1. The van der Waals surface area contributed by atoms with Crippen LogP contribution in [0.1, 0.15) is 37.2 Å². The van der Waals surface area contributed by atoms with Crippen molar-refractivity contribution in [3.05, 3.63) is 47.1 Å². The number of nitrogens with one attached hydrogen (secondary N) is 2. The summed E-state index contributed by atoms with van der Waals surface area (Å²) in [5.74, 6) is 1.08. The lowest BCUT2D eigenvalue weighted by molar-refractivity contribution is 0.0610. The Kier molecular flexibility index (Phi) is 5.51. The first-order valence-corrected chi connectivity index (χ1v) is 11.0. The standard InChI is InChI=1S/C23H22ClN5O4/c1-11(2)31-10-17-28-16(24)8-19(29-17)33-18-7-4-13-14(27-18)5-6-15-20(13)21-22(32-15)23(30)26-12(3)9-25-21/h4-8,11-12,25H,9-10H2,1-3H3,(H,26,30)/t12-/m1/s1. The van der Waals surface area contributed by atoms with Crippen LogP contribution in [0.5, 0.6) is 11.8 Å². The molecule has 1 amide bonds. The van der Waals surface area contributed by atoms with E-state index in [1.54, 1.807) is 12.1 Å². The van der Waals surface area contributed by atoms with Crippen molar-refractivity contribution in [2.45, 2.75) is 39.5 Å². The number of carbonyl (C=O) groups excluding carboxylic acids is 1. The molecule has 4 aromatic rings. The summed E-state index contributed by atoms with van der Waals surface area (Å²) >= 11 is 6.13. The minimum absolute atomic E-state index is 0.0150. The van der Waals surface area contributed by atoms with Crippen molar-refractivity contribution in [3.8, 4) is 11.8 Å². The van der Waals surface area contributed by atoms with E-state index in [-0.39, 0.29) is 41.5 Å². The summed E-state index contributed by atoms with van der Waals surface area (Å²) in [6.45, 7) is 6.61. The van der Waals surface area contributed by atoms with Gasteiger partial charge in [0.25, 0.3) is 5.91 Å². The molecule has 5 rings (SSSR count). The first kappa shape index (κ1) is 21.4. The third-order valence-corrected chi connectivity index (χ3v) is 5.33. The molecule has 0 fully saturated rings. The number of fused-ring (bicyclic) bond motifs is 5. The van der Waals surface area contributed by atoms with E-state index in [0.717, 1.165) is 10.8 Å². The summed E-state index contributed by atoms with van der Waals surface area (Å²) in [4.78, 5) is 25.6. The molecule has 0 radical (unpaired) electrons. The Labute approximate surface area is 194 Å². The van der Waals surface area contributed by atoms with Gasteiger partial charge in [0.15, 0.2) is 5.82 Å². The Morgan fingerprint density at radius 3 is 2.85 bits per heavy atom. The number of hydrogen-bond acceptors (Lipinski definition) is 8. The van der Waals surface area contributed by atoms with Gasteiger partial charge in [-0.1, -0.05) is 11.6 Å². The number of halogens is 1. The van der Waals surface area contributed by atoms with Crippen LogP contribution in [0, 0.1) is 0 Å². The highest BCUT2D eigenvalue weighted by Crippen LogP contribution is 2.37. The maximum atomic E-state index is 12.5. The van der Waals surface area contributed by atoms with Gasteiger partial charge in [-0.15, -0.1) is 0 Å². The highest BCUT2D eigenvalue weighted by Gasteiger charge is 2.26. The topological polar surface area (TPSA) is 111 Å². The predicted molar refractivity (Wildman–Crippen MR) is 124 cm³/mol. The number of hydrogen-bond donors (Lipinski definition) is 2. The third kappa shape index (κ3) is 4.29. The maximum Gasteiger partial charge on any atom is 0.289 e. The lowest BCUT2D eigenvalue weighted by atomic mass is 10.1. The fourth-order valence-electron chi connectivity index (χ4n) is 3.67. The summed E-state index contributed by atoms with van der Waals surface area (Å²) in [5, 5.41) is 8.14. The van der Waals surface area contributed by atoms with Crippen molar-refractivity contribution in [2.24, 2.45) is 0 Å². The summed E-state index contributed by atoms with van der Waals surface area (Å²) in [6.07, 6.45) is 0.0395. The molecule has 33 heavy (non-hydrogen) atoms. The fraction of sp³-hybridized carbons (Fsp3) is 0.304. The van der Waals surface area contributed by atoms with Gasteiger partial charge in [0, 0.05) is 30.1 Å². The van der Waals surface area contributed by atoms with Crippen LogP contribution in [0.25, 0.3) is 21.9 Å².